The third-order valence-electron chi connectivity index (χ3n) is 4.45. The van der Waals surface area contributed by atoms with Crippen molar-refractivity contribution in [1.82, 2.24) is 0 Å². The molecule has 0 aliphatic heterocycles. The zero-order valence-corrected chi connectivity index (χ0v) is 20.9. The standard InChI is InChI=1S/C22H30N2O8P2/c1-33(27,28)31-11-7-17-3-5-21(25)19(13-17)15-23-9-10-24-16-20-14-18(4-6-22(20)26)8-12-32-34(2,29)30/h3-6,13-16,25-26H,7-12H2,1-2H3,(H,27,28)(H,29,30). The summed E-state index contributed by atoms with van der Waals surface area (Å²) in [7, 11) is -7.04. The molecule has 0 saturated carbocycles. The second-order valence-electron chi connectivity index (χ2n) is 7.63. The highest BCUT2D eigenvalue weighted by atomic mass is 31.2. The topological polar surface area (TPSA) is 158 Å². The predicted octanol–water partition coefficient (Wildman–Crippen LogP) is 3.38. The van der Waals surface area contributed by atoms with Gasteiger partial charge in [0.2, 0.25) is 0 Å². The van der Waals surface area contributed by atoms with E-state index in [0.717, 1.165) is 24.5 Å². The van der Waals surface area contributed by atoms with E-state index in [9.17, 15) is 19.3 Å². The van der Waals surface area contributed by atoms with Gasteiger partial charge in [0.1, 0.15) is 11.5 Å². The molecule has 34 heavy (non-hydrogen) atoms. The van der Waals surface area contributed by atoms with Gasteiger partial charge in [-0.3, -0.25) is 19.1 Å². The fourth-order valence-electron chi connectivity index (χ4n) is 2.83. The van der Waals surface area contributed by atoms with Crippen LogP contribution in [0.3, 0.4) is 0 Å². The molecule has 0 aliphatic carbocycles. The Morgan fingerprint density at radius 1 is 0.765 bits per heavy atom. The van der Waals surface area contributed by atoms with Crippen LogP contribution in [0.25, 0.3) is 0 Å². The van der Waals surface area contributed by atoms with E-state index in [0.29, 0.717) is 37.1 Å². The highest BCUT2D eigenvalue weighted by molar-refractivity contribution is 7.52. The van der Waals surface area contributed by atoms with Gasteiger partial charge in [0.15, 0.2) is 0 Å². The SMILES string of the molecule is CP(=O)(O)OCCc1ccc(O)c(C=NCCN=Cc2cc(CCOP(C)(=O)O)ccc2O)c1. The van der Waals surface area contributed by atoms with Gasteiger partial charge in [-0.25, -0.2) is 0 Å². The maximum absolute atomic E-state index is 11.2. The number of rotatable bonds is 13. The Labute approximate surface area is 198 Å². The zero-order chi connectivity index (χ0) is 25.2. The Morgan fingerprint density at radius 3 is 1.50 bits per heavy atom. The lowest BCUT2D eigenvalue weighted by atomic mass is 10.1. The van der Waals surface area contributed by atoms with Crippen LogP contribution in [0, 0.1) is 0 Å². The third kappa shape index (κ3) is 11.2. The van der Waals surface area contributed by atoms with Crippen LogP contribution in [0.1, 0.15) is 22.3 Å². The molecule has 2 aromatic rings. The summed E-state index contributed by atoms with van der Waals surface area (Å²) in [4.78, 5) is 26.8. The Bertz CT molecular complexity index is 1020. The van der Waals surface area contributed by atoms with E-state index in [1.807, 2.05) is 0 Å². The van der Waals surface area contributed by atoms with E-state index in [-0.39, 0.29) is 24.7 Å². The largest absolute Gasteiger partial charge is 0.507 e. The lowest BCUT2D eigenvalue weighted by Gasteiger charge is -2.08. The number of phenols is 2. The fraction of sp³-hybridized carbons (Fsp3) is 0.364. The smallest absolute Gasteiger partial charge is 0.325 e. The lowest BCUT2D eigenvalue weighted by Crippen LogP contribution is -1.98. The second-order valence-corrected chi connectivity index (χ2v) is 11.4. The van der Waals surface area contributed by atoms with E-state index >= 15 is 0 Å². The fourth-order valence-corrected chi connectivity index (χ4v) is 3.69. The van der Waals surface area contributed by atoms with Gasteiger partial charge in [0.25, 0.3) is 0 Å². The van der Waals surface area contributed by atoms with Crippen LogP contribution in [0.15, 0.2) is 46.4 Å². The van der Waals surface area contributed by atoms with Gasteiger partial charge < -0.3 is 29.0 Å². The number of hydrogen-bond donors (Lipinski definition) is 4. The van der Waals surface area contributed by atoms with Crippen molar-refractivity contribution in [3.8, 4) is 11.5 Å². The molecule has 0 aromatic heterocycles. The van der Waals surface area contributed by atoms with Crippen LogP contribution >= 0.6 is 15.2 Å². The summed E-state index contributed by atoms with van der Waals surface area (Å²) in [6.45, 7) is 3.13. The molecule has 0 aliphatic rings. The summed E-state index contributed by atoms with van der Waals surface area (Å²) in [6.07, 6.45) is 3.88. The van der Waals surface area contributed by atoms with Gasteiger partial charge in [-0.05, 0) is 48.2 Å². The number of hydrogen-bond acceptors (Lipinski definition) is 8. The molecule has 0 saturated heterocycles. The van der Waals surface area contributed by atoms with Gasteiger partial charge in [0, 0.05) is 36.9 Å². The van der Waals surface area contributed by atoms with Crippen molar-refractivity contribution in [3.05, 3.63) is 58.7 Å². The number of aromatic hydroxyl groups is 2. The molecule has 0 fully saturated rings. The van der Waals surface area contributed by atoms with Crippen LogP contribution in [-0.4, -0.2) is 72.1 Å². The molecular weight excluding hydrogens is 482 g/mol. The maximum atomic E-state index is 11.2. The average Bonchev–Trinajstić information content (AvgIpc) is 2.72. The third-order valence-corrected chi connectivity index (χ3v) is 5.77. The Morgan fingerprint density at radius 2 is 1.15 bits per heavy atom. The maximum Gasteiger partial charge on any atom is 0.325 e. The van der Waals surface area contributed by atoms with Crippen LogP contribution in [0.5, 0.6) is 11.5 Å². The normalized spacial score (nSPS) is 15.5. The van der Waals surface area contributed by atoms with E-state index in [4.69, 9.17) is 18.8 Å². The Kier molecular flexibility index (Phi) is 10.6. The van der Waals surface area contributed by atoms with Crippen molar-refractivity contribution in [2.75, 3.05) is 39.6 Å². The van der Waals surface area contributed by atoms with Crippen LogP contribution in [0.2, 0.25) is 0 Å². The molecule has 10 nitrogen and oxygen atoms in total. The number of benzene rings is 2. The molecule has 2 unspecified atom stereocenters. The number of nitrogens with zero attached hydrogens (tertiary/aromatic N) is 2. The van der Waals surface area contributed by atoms with Crippen molar-refractivity contribution >= 4 is 27.6 Å². The van der Waals surface area contributed by atoms with Gasteiger partial charge in [-0.1, -0.05) is 12.1 Å². The molecule has 186 valence electrons. The Balaban J connectivity index is 1.87. The quantitative estimate of drug-likeness (QED) is 0.181. The minimum Gasteiger partial charge on any atom is -0.507 e. The summed E-state index contributed by atoms with van der Waals surface area (Å²) in [5, 5.41) is 20.0. The lowest BCUT2D eigenvalue weighted by molar-refractivity contribution is 0.266. The van der Waals surface area contributed by atoms with Gasteiger partial charge in [0.05, 0.1) is 26.3 Å². The highest BCUT2D eigenvalue weighted by Crippen LogP contribution is 2.37. The van der Waals surface area contributed by atoms with Crippen molar-refractivity contribution in [1.29, 1.82) is 0 Å². The molecule has 0 bridgehead atoms. The van der Waals surface area contributed by atoms with E-state index in [1.54, 1.807) is 24.3 Å². The first-order chi connectivity index (χ1) is 15.9. The van der Waals surface area contributed by atoms with Crippen molar-refractivity contribution in [2.45, 2.75) is 12.8 Å². The van der Waals surface area contributed by atoms with E-state index in [2.05, 4.69) is 9.98 Å². The minimum absolute atomic E-state index is 0.0617. The second kappa shape index (κ2) is 13.0. The highest BCUT2D eigenvalue weighted by Gasteiger charge is 2.10. The summed E-state index contributed by atoms with van der Waals surface area (Å²) >= 11 is 0. The summed E-state index contributed by atoms with van der Waals surface area (Å²) in [5.74, 6) is 0.123. The average molecular weight is 512 g/mol. The number of aliphatic imine (C=N–C) groups is 2. The first-order valence-electron chi connectivity index (χ1n) is 10.5. The summed E-state index contributed by atoms with van der Waals surface area (Å²) < 4.78 is 32.1. The van der Waals surface area contributed by atoms with E-state index < -0.39 is 15.2 Å². The number of phenolic OH excluding ortho intramolecular Hbond substituents is 2. The van der Waals surface area contributed by atoms with Crippen LogP contribution in [-0.2, 0) is 31.0 Å². The van der Waals surface area contributed by atoms with Crippen molar-refractivity contribution in [3.63, 3.8) is 0 Å². The first-order valence-corrected chi connectivity index (χ1v) is 14.5. The molecule has 4 N–H and O–H groups in total. The molecular formula is C22H30N2O8P2. The van der Waals surface area contributed by atoms with E-state index in [1.165, 1.54) is 24.6 Å². The van der Waals surface area contributed by atoms with Crippen LogP contribution in [0.4, 0.5) is 0 Å². The molecule has 2 rings (SSSR count). The molecule has 0 amide bonds. The van der Waals surface area contributed by atoms with Gasteiger partial charge >= 0.3 is 15.2 Å². The molecule has 2 aromatic carbocycles. The molecule has 0 heterocycles. The first kappa shape index (κ1) is 27.9. The monoisotopic (exact) mass is 512 g/mol. The van der Waals surface area contributed by atoms with Crippen molar-refractivity contribution in [2.24, 2.45) is 9.98 Å². The molecule has 12 heteroatoms. The molecule has 0 spiro atoms. The van der Waals surface area contributed by atoms with Crippen LogP contribution < -0.4 is 0 Å². The van der Waals surface area contributed by atoms with Crippen molar-refractivity contribution < 1.29 is 38.2 Å². The van der Waals surface area contributed by atoms with Gasteiger partial charge in [-0.2, -0.15) is 0 Å². The summed E-state index contributed by atoms with van der Waals surface area (Å²) in [5.41, 5.74) is 2.67. The predicted molar refractivity (Wildman–Crippen MR) is 132 cm³/mol. The summed E-state index contributed by atoms with van der Waals surface area (Å²) in [6, 6.07) is 9.92. The zero-order valence-electron chi connectivity index (χ0n) is 19.1. The molecule has 2 atom stereocenters. The molecule has 0 radical (unpaired) electrons. The minimum atomic E-state index is -3.52. The van der Waals surface area contributed by atoms with Gasteiger partial charge in [-0.15, -0.1) is 0 Å². The Hall–Kier alpha value is -2.32.